The maximum Gasteiger partial charge on any atom is 0.316 e. The third-order valence-electron chi connectivity index (χ3n) is 3.54. The SMILES string of the molecule is CCC(C(=O)OC)c1nccc(C2CCOCC2)n1. The summed E-state index contributed by atoms with van der Waals surface area (Å²) in [5, 5.41) is 0. The number of aromatic nitrogens is 2. The van der Waals surface area contributed by atoms with Gasteiger partial charge in [0.05, 0.1) is 7.11 Å². The number of ether oxygens (including phenoxy) is 2. The molecule has 1 saturated heterocycles. The molecule has 2 rings (SSSR count). The molecule has 1 aliphatic heterocycles. The van der Waals surface area contributed by atoms with Crippen LogP contribution < -0.4 is 0 Å². The molecule has 1 aromatic heterocycles. The topological polar surface area (TPSA) is 61.3 Å². The molecule has 1 aromatic rings. The van der Waals surface area contributed by atoms with Crippen LogP contribution in [0.1, 0.15) is 49.5 Å². The van der Waals surface area contributed by atoms with Gasteiger partial charge in [-0.1, -0.05) is 6.92 Å². The summed E-state index contributed by atoms with van der Waals surface area (Å²) in [5.74, 6) is 0.334. The van der Waals surface area contributed by atoms with Gasteiger partial charge in [0.15, 0.2) is 0 Å². The molecule has 0 saturated carbocycles. The Hall–Kier alpha value is -1.49. The Balaban J connectivity index is 2.19. The minimum absolute atomic E-state index is 0.272. The predicted molar refractivity (Wildman–Crippen MR) is 69.9 cm³/mol. The van der Waals surface area contributed by atoms with Crippen LogP contribution in [-0.2, 0) is 14.3 Å². The van der Waals surface area contributed by atoms with Gasteiger partial charge in [0, 0.05) is 31.0 Å². The van der Waals surface area contributed by atoms with E-state index in [-0.39, 0.29) is 11.9 Å². The Morgan fingerprint density at radius 3 is 2.89 bits per heavy atom. The van der Waals surface area contributed by atoms with Gasteiger partial charge in [0.2, 0.25) is 0 Å². The second-order valence-electron chi connectivity index (χ2n) is 4.71. The Kier molecular flexibility index (Phi) is 4.85. The van der Waals surface area contributed by atoms with E-state index in [9.17, 15) is 4.79 Å². The first kappa shape index (κ1) is 13.9. The molecule has 0 aromatic carbocycles. The summed E-state index contributed by atoms with van der Waals surface area (Å²) in [6.45, 7) is 3.49. The number of rotatable bonds is 4. The normalized spacial score (nSPS) is 18.0. The maximum absolute atomic E-state index is 11.7. The molecule has 0 amide bonds. The summed E-state index contributed by atoms with van der Waals surface area (Å²) >= 11 is 0. The van der Waals surface area contributed by atoms with Crippen molar-refractivity contribution in [3.05, 3.63) is 23.8 Å². The Morgan fingerprint density at radius 2 is 2.26 bits per heavy atom. The lowest BCUT2D eigenvalue weighted by Crippen LogP contribution is -2.19. The molecular formula is C14H20N2O3. The summed E-state index contributed by atoms with van der Waals surface area (Å²) in [7, 11) is 1.40. The second-order valence-corrected chi connectivity index (χ2v) is 4.71. The van der Waals surface area contributed by atoms with Gasteiger partial charge in [-0.05, 0) is 25.3 Å². The van der Waals surface area contributed by atoms with Crippen LogP contribution in [0, 0.1) is 0 Å². The molecule has 0 bridgehead atoms. The fourth-order valence-corrected chi connectivity index (χ4v) is 2.37. The summed E-state index contributed by atoms with van der Waals surface area (Å²) in [5.41, 5.74) is 1.01. The Morgan fingerprint density at radius 1 is 1.53 bits per heavy atom. The molecule has 0 radical (unpaired) electrons. The average molecular weight is 264 g/mol. The zero-order valence-corrected chi connectivity index (χ0v) is 11.5. The van der Waals surface area contributed by atoms with Crippen molar-refractivity contribution >= 4 is 5.97 Å². The molecule has 0 spiro atoms. The summed E-state index contributed by atoms with van der Waals surface area (Å²) in [6.07, 6.45) is 4.33. The van der Waals surface area contributed by atoms with Crippen LogP contribution in [0.15, 0.2) is 12.3 Å². The van der Waals surface area contributed by atoms with Gasteiger partial charge in [-0.15, -0.1) is 0 Å². The molecule has 1 fully saturated rings. The lowest BCUT2D eigenvalue weighted by molar-refractivity contribution is -0.142. The standard InChI is InChI=1S/C14H20N2O3/c1-3-11(14(17)18-2)13-15-7-4-12(16-13)10-5-8-19-9-6-10/h4,7,10-11H,3,5-6,8-9H2,1-2H3. The number of carbonyl (C=O) groups is 1. The number of hydrogen-bond acceptors (Lipinski definition) is 5. The summed E-state index contributed by atoms with van der Waals surface area (Å²) in [6, 6.07) is 1.93. The smallest absolute Gasteiger partial charge is 0.316 e. The van der Waals surface area contributed by atoms with E-state index in [0.717, 1.165) is 31.7 Å². The van der Waals surface area contributed by atoms with Crippen molar-refractivity contribution in [1.82, 2.24) is 9.97 Å². The fourth-order valence-electron chi connectivity index (χ4n) is 2.37. The largest absolute Gasteiger partial charge is 0.468 e. The molecule has 5 heteroatoms. The number of carbonyl (C=O) groups excluding carboxylic acids is 1. The third kappa shape index (κ3) is 3.29. The maximum atomic E-state index is 11.7. The zero-order chi connectivity index (χ0) is 13.7. The number of methoxy groups -OCH3 is 1. The van der Waals surface area contributed by atoms with Gasteiger partial charge < -0.3 is 9.47 Å². The van der Waals surface area contributed by atoms with Crippen molar-refractivity contribution < 1.29 is 14.3 Å². The predicted octanol–water partition coefficient (Wildman–Crippen LogP) is 2.04. The van der Waals surface area contributed by atoms with Gasteiger partial charge in [0.25, 0.3) is 0 Å². The first-order valence-electron chi connectivity index (χ1n) is 6.74. The van der Waals surface area contributed by atoms with Crippen LogP contribution in [0.5, 0.6) is 0 Å². The van der Waals surface area contributed by atoms with E-state index in [1.807, 2.05) is 13.0 Å². The highest BCUT2D eigenvalue weighted by atomic mass is 16.5. The Labute approximate surface area is 113 Å². The highest BCUT2D eigenvalue weighted by Crippen LogP contribution is 2.26. The van der Waals surface area contributed by atoms with E-state index in [4.69, 9.17) is 9.47 Å². The zero-order valence-electron chi connectivity index (χ0n) is 11.5. The van der Waals surface area contributed by atoms with E-state index in [2.05, 4.69) is 9.97 Å². The van der Waals surface area contributed by atoms with Gasteiger partial charge in [0.1, 0.15) is 11.7 Å². The van der Waals surface area contributed by atoms with Crippen LogP contribution in [-0.4, -0.2) is 36.3 Å². The average Bonchev–Trinajstić information content (AvgIpc) is 2.49. The lowest BCUT2D eigenvalue weighted by Gasteiger charge is -2.22. The molecule has 1 unspecified atom stereocenters. The van der Waals surface area contributed by atoms with Crippen molar-refractivity contribution in [3.8, 4) is 0 Å². The second kappa shape index (κ2) is 6.61. The Bertz CT molecular complexity index is 430. The molecule has 19 heavy (non-hydrogen) atoms. The first-order valence-corrected chi connectivity index (χ1v) is 6.74. The van der Waals surface area contributed by atoms with E-state index in [1.54, 1.807) is 6.20 Å². The minimum Gasteiger partial charge on any atom is -0.468 e. The van der Waals surface area contributed by atoms with E-state index in [0.29, 0.717) is 18.2 Å². The van der Waals surface area contributed by atoms with Crippen LogP contribution in [0.25, 0.3) is 0 Å². The first-order chi connectivity index (χ1) is 9.26. The summed E-state index contributed by atoms with van der Waals surface area (Å²) in [4.78, 5) is 20.5. The third-order valence-corrected chi connectivity index (χ3v) is 3.54. The van der Waals surface area contributed by atoms with Crippen molar-refractivity contribution in [2.45, 2.75) is 38.0 Å². The molecule has 0 N–H and O–H groups in total. The van der Waals surface area contributed by atoms with E-state index in [1.165, 1.54) is 7.11 Å². The highest BCUT2D eigenvalue weighted by Gasteiger charge is 2.24. The highest BCUT2D eigenvalue weighted by molar-refractivity contribution is 5.76. The molecule has 1 atom stereocenters. The van der Waals surface area contributed by atoms with Crippen molar-refractivity contribution in [3.63, 3.8) is 0 Å². The molecule has 0 aliphatic carbocycles. The van der Waals surface area contributed by atoms with Gasteiger partial charge in [-0.25, -0.2) is 9.97 Å². The van der Waals surface area contributed by atoms with Crippen molar-refractivity contribution in [1.29, 1.82) is 0 Å². The summed E-state index contributed by atoms with van der Waals surface area (Å²) < 4.78 is 10.2. The van der Waals surface area contributed by atoms with Crippen molar-refractivity contribution in [2.75, 3.05) is 20.3 Å². The quantitative estimate of drug-likeness (QED) is 0.779. The molecule has 2 heterocycles. The fraction of sp³-hybridized carbons (Fsp3) is 0.643. The van der Waals surface area contributed by atoms with Gasteiger partial charge >= 0.3 is 5.97 Å². The van der Waals surface area contributed by atoms with Crippen LogP contribution >= 0.6 is 0 Å². The number of nitrogens with zero attached hydrogens (tertiary/aromatic N) is 2. The van der Waals surface area contributed by atoms with Crippen LogP contribution in [0.4, 0.5) is 0 Å². The minimum atomic E-state index is -0.371. The van der Waals surface area contributed by atoms with Crippen LogP contribution in [0.3, 0.4) is 0 Å². The van der Waals surface area contributed by atoms with Gasteiger partial charge in [-0.2, -0.15) is 0 Å². The molecule has 104 valence electrons. The van der Waals surface area contributed by atoms with Crippen LogP contribution in [0.2, 0.25) is 0 Å². The monoisotopic (exact) mass is 264 g/mol. The van der Waals surface area contributed by atoms with Crippen molar-refractivity contribution in [2.24, 2.45) is 0 Å². The number of esters is 1. The van der Waals surface area contributed by atoms with E-state index >= 15 is 0 Å². The lowest BCUT2D eigenvalue weighted by atomic mass is 9.96. The molecular weight excluding hydrogens is 244 g/mol. The number of hydrogen-bond donors (Lipinski definition) is 0. The molecule has 1 aliphatic rings. The van der Waals surface area contributed by atoms with Gasteiger partial charge in [-0.3, -0.25) is 4.79 Å². The molecule has 5 nitrogen and oxygen atoms in total. The van der Waals surface area contributed by atoms with E-state index < -0.39 is 0 Å².